The Kier molecular flexibility index (Phi) is 6.32. The van der Waals surface area contributed by atoms with E-state index in [0.29, 0.717) is 61.7 Å². The number of rotatable bonds is 6. The summed E-state index contributed by atoms with van der Waals surface area (Å²) in [4.78, 5) is 15.0. The first-order valence-electron chi connectivity index (χ1n) is 9.28. The van der Waals surface area contributed by atoms with Gasteiger partial charge >= 0.3 is 0 Å². The first kappa shape index (κ1) is 21.0. The van der Waals surface area contributed by atoms with Crippen LogP contribution in [0.2, 0.25) is 0 Å². The maximum Gasteiger partial charge on any atom is 0.295 e. The van der Waals surface area contributed by atoms with E-state index in [1.165, 1.54) is 15.2 Å². The fourth-order valence-corrected chi connectivity index (χ4v) is 4.08. The number of sulfonamides is 1. The van der Waals surface area contributed by atoms with Crippen LogP contribution < -0.4 is 10.5 Å². The number of aliphatic hydroxyl groups excluding tert-OH is 1. The van der Waals surface area contributed by atoms with Gasteiger partial charge in [0, 0.05) is 32.8 Å². The Morgan fingerprint density at radius 2 is 1.83 bits per heavy atom. The number of aryl methyl sites for hydroxylation is 1. The molecule has 2 aromatic rings. The molecular formula is C19H23N5O4S. The van der Waals surface area contributed by atoms with Crippen LogP contribution in [0, 0.1) is 11.3 Å². The van der Waals surface area contributed by atoms with E-state index < -0.39 is 10.0 Å². The second kappa shape index (κ2) is 8.73. The Hall–Kier alpha value is -2.74. The lowest BCUT2D eigenvalue weighted by molar-refractivity contribution is 0.288. The molecular weight excluding hydrogens is 394 g/mol. The summed E-state index contributed by atoms with van der Waals surface area (Å²) >= 11 is 0. The van der Waals surface area contributed by atoms with Crippen molar-refractivity contribution in [2.45, 2.75) is 12.8 Å². The number of hydrogen-bond donors (Lipinski definition) is 1. The van der Waals surface area contributed by atoms with E-state index in [1.54, 1.807) is 30.3 Å². The number of benzene rings is 1. The number of aliphatic hydroxyl groups is 1. The van der Waals surface area contributed by atoms with Crippen molar-refractivity contribution in [1.82, 2.24) is 14.1 Å². The molecule has 0 saturated carbocycles. The second-order valence-corrected chi connectivity index (χ2v) is 8.86. The number of hydrogen-bond acceptors (Lipinski definition) is 7. The molecule has 0 aliphatic carbocycles. The summed E-state index contributed by atoms with van der Waals surface area (Å²) in [5.74, 6) is 0. The topological polar surface area (TPSA) is 120 Å². The van der Waals surface area contributed by atoms with E-state index >= 15 is 0 Å². The summed E-state index contributed by atoms with van der Waals surface area (Å²) in [6.07, 6.45) is 2.20. The van der Waals surface area contributed by atoms with Crippen LogP contribution in [0.1, 0.15) is 17.7 Å². The molecule has 154 valence electrons. The van der Waals surface area contributed by atoms with Crippen LogP contribution in [0.4, 0.5) is 5.69 Å². The van der Waals surface area contributed by atoms with Gasteiger partial charge in [0.2, 0.25) is 10.0 Å². The fraction of sp³-hybridized carbons (Fsp3) is 0.421. The molecule has 1 aromatic heterocycles. The van der Waals surface area contributed by atoms with Crippen molar-refractivity contribution in [3.05, 3.63) is 51.9 Å². The molecule has 0 unspecified atom stereocenters. The quantitative estimate of drug-likeness (QED) is 0.708. The van der Waals surface area contributed by atoms with E-state index in [1.807, 2.05) is 11.0 Å². The summed E-state index contributed by atoms with van der Waals surface area (Å²) < 4.78 is 26.2. The van der Waals surface area contributed by atoms with Gasteiger partial charge in [-0.3, -0.25) is 4.79 Å². The van der Waals surface area contributed by atoms with Crippen LogP contribution in [-0.2, 0) is 16.4 Å². The highest BCUT2D eigenvalue weighted by Gasteiger charge is 2.25. The molecule has 1 aliphatic rings. The lowest BCUT2D eigenvalue weighted by atomic mass is 10.2. The van der Waals surface area contributed by atoms with Crippen molar-refractivity contribution in [1.29, 1.82) is 5.26 Å². The molecule has 0 spiro atoms. The molecule has 1 N–H and O–H groups in total. The average Bonchev–Trinajstić information content (AvgIpc) is 2.72. The third-order valence-electron chi connectivity index (χ3n) is 4.82. The SMILES string of the molecule is CS(=O)(=O)N1CCN(c2cc(CCCO)nn(-c3ccc(C#N)cc3)c2=O)CC1. The third-order valence-corrected chi connectivity index (χ3v) is 6.13. The van der Waals surface area contributed by atoms with Crippen LogP contribution >= 0.6 is 0 Å². The van der Waals surface area contributed by atoms with Crippen LogP contribution in [0.3, 0.4) is 0 Å². The van der Waals surface area contributed by atoms with Gasteiger partial charge in [-0.05, 0) is 43.2 Å². The van der Waals surface area contributed by atoms with Gasteiger partial charge in [-0.25, -0.2) is 8.42 Å². The Morgan fingerprint density at radius 1 is 1.17 bits per heavy atom. The number of nitriles is 1. The molecule has 0 bridgehead atoms. The molecule has 0 amide bonds. The normalized spacial score (nSPS) is 15.3. The van der Waals surface area contributed by atoms with Crippen LogP contribution in [0.15, 0.2) is 35.1 Å². The average molecular weight is 417 g/mol. The molecule has 3 rings (SSSR count). The lowest BCUT2D eigenvalue weighted by Gasteiger charge is -2.34. The van der Waals surface area contributed by atoms with Crippen LogP contribution in [0.25, 0.3) is 5.69 Å². The van der Waals surface area contributed by atoms with Gasteiger partial charge in [-0.2, -0.15) is 19.3 Å². The Bertz CT molecular complexity index is 1070. The Morgan fingerprint density at radius 3 is 2.38 bits per heavy atom. The molecule has 0 radical (unpaired) electrons. The second-order valence-electron chi connectivity index (χ2n) is 6.87. The van der Waals surface area contributed by atoms with Gasteiger partial charge in [0.1, 0.15) is 5.69 Å². The van der Waals surface area contributed by atoms with E-state index in [0.717, 1.165) is 0 Å². The molecule has 1 saturated heterocycles. The minimum atomic E-state index is -3.26. The van der Waals surface area contributed by atoms with Gasteiger partial charge in [0.05, 0.1) is 29.3 Å². The van der Waals surface area contributed by atoms with Crippen LogP contribution in [0.5, 0.6) is 0 Å². The first-order chi connectivity index (χ1) is 13.8. The van der Waals surface area contributed by atoms with Gasteiger partial charge in [-0.15, -0.1) is 0 Å². The van der Waals surface area contributed by atoms with Gasteiger partial charge in [-0.1, -0.05) is 0 Å². The highest BCUT2D eigenvalue weighted by Crippen LogP contribution is 2.17. The molecule has 9 nitrogen and oxygen atoms in total. The highest BCUT2D eigenvalue weighted by atomic mass is 32.2. The van der Waals surface area contributed by atoms with Crippen molar-refractivity contribution in [2.24, 2.45) is 0 Å². The number of nitrogens with zero attached hydrogens (tertiary/aromatic N) is 5. The fourth-order valence-electron chi connectivity index (χ4n) is 3.25. The highest BCUT2D eigenvalue weighted by molar-refractivity contribution is 7.88. The molecule has 1 aliphatic heterocycles. The first-order valence-corrected chi connectivity index (χ1v) is 11.1. The van der Waals surface area contributed by atoms with E-state index in [4.69, 9.17) is 10.4 Å². The summed E-state index contributed by atoms with van der Waals surface area (Å²) in [6.45, 7) is 1.44. The molecule has 2 heterocycles. The predicted octanol–water partition coefficient (Wildman–Crippen LogP) is 0.111. The Balaban J connectivity index is 1.98. The van der Waals surface area contributed by atoms with Crippen molar-refractivity contribution < 1.29 is 13.5 Å². The maximum atomic E-state index is 13.1. The predicted molar refractivity (Wildman–Crippen MR) is 109 cm³/mol. The van der Waals surface area contributed by atoms with Gasteiger partial charge in [0.15, 0.2) is 0 Å². The van der Waals surface area contributed by atoms with Crippen molar-refractivity contribution >= 4 is 15.7 Å². The molecule has 0 atom stereocenters. The summed E-state index contributed by atoms with van der Waals surface area (Å²) in [5.41, 5.74) is 1.82. The third kappa shape index (κ3) is 4.82. The monoisotopic (exact) mass is 417 g/mol. The summed E-state index contributed by atoms with van der Waals surface area (Å²) in [5, 5.41) is 22.5. The van der Waals surface area contributed by atoms with Gasteiger partial charge < -0.3 is 10.0 Å². The minimum absolute atomic E-state index is 0.0139. The Labute approximate surface area is 169 Å². The largest absolute Gasteiger partial charge is 0.396 e. The molecule has 1 fully saturated rings. The smallest absolute Gasteiger partial charge is 0.295 e. The summed E-state index contributed by atoms with van der Waals surface area (Å²) in [7, 11) is -3.26. The minimum Gasteiger partial charge on any atom is -0.396 e. The van der Waals surface area contributed by atoms with Gasteiger partial charge in [0.25, 0.3) is 5.56 Å². The summed E-state index contributed by atoms with van der Waals surface area (Å²) in [6, 6.07) is 10.3. The van der Waals surface area contributed by atoms with E-state index in [9.17, 15) is 13.2 Å². The van der Waals surface area contributed by atoms with Crippen LogP contribution in [-0.4, -0.2) is 66.7 Å². The van der Waals surface area contributed by atoms with E-state index in [-0.39, 0.29) is 12.2 Å². The number of piperazine rings is 1. The molecule has 1 aromatic carbocycles. The number of aromatic nitrogens is 2. The van der Waals surface area contributed by atoms with Crippen molar-refractivity contribution in [2.75, 3.05) is 43.9 Å². The zero-order valence-corrected chi connectivity index (χ0v) is 17.0. The zero-order valence-electron chi connectivity index (χ0n) is 16.2. The number of anilines is 1. The standard InChI is InChI=1S/C19H23N5O4S/c1-29(27,28)23-10-8-22(9-11-23)18-13-16(3-2-12-25)21-24(19(18)26)17-6-4-15(14-20)5-7-17/h4-7,13,25H,2-3,8-12H2,1H3. The lowest BCUT2D eigenvalue weighted by Crippen LogP contribution is -2.50. The molecule has 10 heteroatoms. The van der Waals surface area contributed by atoms with E-state index in [2.05, 4.69) is 5.10 Å². The zero-order chi connectivity index (χ0) is 21.0. The molecule has 29 heavy (non-hydrogen) atoms. The maximum absolute atomic E-state index is 13.1. The van der Waals surface area contributed by atoms with Crippen molar-refractivity contribution in [3.63, 3.8) is 0 Å². The van der Waals surface area contributed by atoms with Crippen molar-refractivity contribution in [3.8, 4) is 11.8 Å².